The van der Waals surface area contributed by atoms with Crippen molar-refractivity contribution in [2.24, 2.45) is 10.8 Å². The number of Topliss-reactive ketones (excluding diaryl/α,β-unsaturated/α-hetero) is 1. The van der Waals surface area contributed by atoms with Gasteiger partial charge >= 0.3 is 11.9 Å². The van der Waals surface area contributed by atoms with Crippen LogP contribution < -0.4 is 0 Å². The van der Waals surface area contributed by atoms with Crippen LogP contribution in [0.5, 0.6) is 0 Å². The van der Waals surface area contributed by atoms with Gasteiger partial charge in [0.2, 0.25) is 0 Å². The van der Waals surface area contributed by atoms with Crippen LogP contribution in [0.1, 0.15) is 59.3 Å². The van der Waals surface area contributed by atoms with Gasteiger partial charge in [-0.3, -0.25) is 4.79 Å². The van der Waals surface area contributed by atoms with E-state index >= 15 is 0 Å². The molecule has 10 nitrogen and oxygen atoms in total. The van der Waals surface area contributed by atoms with Crippen molar-refractivity contribution in [3.05, 3.63) is 23.8 Å². The van der Waals surface area contributed by atoms with E-state index in [9.17, 15) is 19.5 Å². The van der Waals surface area contributed by atoms with Crippen molar-refractivity contribution >= 4 is 17.7 Å². The van der Waals surface area contributed by atoms with Crippen molar-refractivity contribution in [3.63, 3.8) is 0 Å². The van der Waals surface area contributed by atoms with Gasteiger partial charge in [-0.15, -0.1) is 0 Å². The standard InChI is InChI=1S/C29H36O10/c1-16-7-9-26-14-34-23(32)22-28(39-22)10-11-35-27(17(2)30,24(28)33)8-5-4-6-21(31)38-18-13-20(37-19(26)12-16)29(15-36-29)25(18,26)3/h4,6,12,18-20,22,24,33H,5,7-11,13-15H2,1-3H3/b6-4-/t18-,19-,20-,22?,24-,25-,26-,27?,28?,29?/m1/s1. The molecule has 0 aromatic rings. The zero-order chi connectivity index (χ0) is 27.4. The molecule has 0 aromatic heterocycles. The third-order valence-corrected chi connectivity index (χ3v) is 11.2. The Morgan fingerprint density at radius 3 is 2.64 bits per heavy atom. The number of fused-ring (bicyclic) bond motifs is 1. The summed E-state index contributed by atoms with van der Waals surface area (Å²) in [5.74, 6) is -1.43. The molecule has 7 aliphatic rings. The van der Waals surface area contributed by atoms with Gasteiger partial charge in [0.15, 0.2) is 17.5 Å². The Hall–Kier alpha value is -2.11. The van der Waals surface area contributed by atoms with Gasteiger partial charge in [0, 0.05) is 24.3 Å². The van der Waals surface area contributed by atoms with Crippen LogP contribution in [-0.4, -0.2) is 90.0 Å². The molecule has 0 radical (unpaired) electrons. The van der Waals surface area contributed by atoms with E-state index in [0.717, 1.165) is 6.42 Å². The normalized spacial score (nSPS) is 53.0. The Bertz CT molecular complexity index is 1190. The number of aliphatic hydroxyl groups excluding tert-OH is 1. The molecule has 0 aromatic carbocycles. The lowest BCUT2D eigenvalue weighted by Crippen LogP contribution is -2.67. The lowest BCUT2D eigenvalue weighted by Gasteiger charge is -2.58. The summed E-state index contributed by atoms with van der Waals surface area (Å²) in [7, 11) is 0. The first-order chi connectivity index (χ1) is 18.5. The molecule has 4 saturated heterocycles. The fourth-order valence-corrected chi connectivity index (χ4v) is 8.58. The number of esters is 2. The number of carbonyl (C=O) groups is 3. The van der Waals surface area contributed by atoms with Crippen molar-refractivity contribution < 1.29 is 47.9 Å². The van der Waals surface area contributed by atoms with Gasteiger partial charge in [-0.05, 0) is 39.5 Å². The monoisotopic (exact) mass is 544 g/mol. The van der Waals surface area contributed by atoms with Crippen LogP contribution in [0.15, 0.2) is 23.8 Å². The highest BCUT2D eigenvalue weighted by atomic mass is 16.7. The van der Waals surface area contributed by atoms with E-state index in [4.69, 9.17) is 28.4 Å². The van der Waals surface area contributed by atoms with Crippen molar-refractivity contribution in [2.45, 2.75) is 107 Å². The van der Waals surface area contributed by atoms with Crippen LogP contribution in [0.3, 0.4) is 0 Å². The molecule has 4 bridgehead atoms. The maximum atomic E-state index is 13.5. The van der Waals surface area contributed by atoms with Crippen molar-refractivity contribution in [1.29, 1.82) is 0 Å². The predicted molar refractivity (Wildman–Crippen MR) is 132 cm³/mol. The minimum absolute atomic E-state index is 0.0267. The average Bonchev–Trinajstić information content (AvgIpc) is 3.81. The number of aliphatic hydroxyl groups is 1. The second kappa shape index (κ2) is 8.22. The molecule has 5 heterocycles. The third kappa shape index (κ3) is 3.18. The molecule has 0 amide bonds. The summed E-state index contributed by atoms with van der Waals surface area (Å²) in [6.07, 6.45) is 4.34. The largest absolute Gasteiger partial charge is 0.463 e. The zero-order valence-corrected chi connectivity index (χ0v) is 22.6. The summed E-state index contributed by atoms with van der Waals surface area (Å²) in [6, 6.07) is 0. The van der Waals surface area contributed by atoms with Crippen LogP contribution in [0, 0.1) is 10.8 Å². The summed E-state index contributed by atoms with van der Waals surface area (Å²) in [4.78, 5) is 39.4. The highest BCUT2D eigenvalue weighted by Crippen LogP contribution is 2.72. The Morgan fingerprint density at radius 1 is 1.10 bits per heavy atom. The number of epoxide rings is 2. The Labute approximate surface area is 226 Å². The Morgan fingerprint density at radius 2 is 1.90 bits per heavy atom. The van der Waals surface area contributed by atoms with Gasteiger partial charge in [0.1, 0.15) is 30.0 Å². The van der Waals surface area contributed by atoms with Gasteiger partial charge in [-0.1, -0.05) is 24.6 Å². The van der Waals surface area contributed by atoms with Crippen LogP contribution in [0.2, 0.25) is 0 Å². The van der Waals surface area contributed by atoms with Gasteiger partial charge in [-0.2, -0.15) is 0 Å². The van der Waals surface area contributed by atoms with Crippen molar-refractivity contribution in [1.82, 2.24) is 0 Å². The van der Waals surface area contributed by atoms with Crippen LogP contribution in [0.4, 0.5) is 0 Å². The minimum Gasteiger partial charge on any atom is -0.463 e. The quantitative estimate of drug-likeness (QED) is 0.295. The van der Waals surface area contributed by atoms with Gasteiger partial charge in [-0.25, -0.2) is 9.59 Å². The molecule has 2 aliphatic carbocycles. The van der Waals surface area contributed by atoms with E-state index in [1.165, 1.54) is 18.6 Å². The Kier molecular flexibility index (Phi) is 5.45. The van der Waals surface area contributed by atoms with E-state index in [2.05, 4.69) is 19.9 Å². The van der Waals surface area contributed by atoms with Crippen LogP contribution in [-0.2, 0) is 42.8 Å². The number of allylic oxidation sites excluding steroid dienone is 2. The number of rotatable bonds is 1. The first kappa shape index (κ1) is 25.8. The number of carbonyl (C=O) groups excluding carboxylic acids is 3. The third-order valence-electron chi connectivity index (χ3n) is 11.2. The smallest absolute Gasteiger partial charge is 0.338 e. The van der Waals surface area contributed by atoms with Crippen molar-refractivity contribution in [3.8, 4) is 0 Å². The molecule has 1 N–H and O–H groups in total. The molecular formula is C29H36O10. The molecule has 10 atom stereocenters. The SMILES string of the molecule is CC(=O)C12CC/C=C\C(=O)O[C@@H]3C[C@H]4O[C@@H]5C=C(C)CC[C@]5(COC(=O)C5OC5(CCO1)[C@@H]2O)[C@]3(C)C41CO1. The first-order valence-corrected chi connectivity index (χ1v) is 14.1. The topological polar surface area (TPSA) is 133 Å². The zero-order valence-electron chi connectivity index (χ0n) is 22.6. The molecule has 39 heavy (non-hydrogen) atoms. The highest BCUT2D eigenvalue weighted by Gasteiger charge is 2.83. The molecule has 10 heteroatoms. The predicted octanol–water partition coefficient (Wildman–Crippen LogP) is 1.71. The summed E-state index contributed by atoms with van der Waals surface area (Å²) in [5, 5.41) is 11.4. The summed E-state index contributed by atoms with van der Waals surface area (Å²) in [6.45, 7) is 6.20. The molecule has 7 rings (SSSR count). The molecule has 5 fully saturated rings. The molecule has 212 valence electrons. The molecule has 1 saturated carbocycles. The van der Waals surface area contributed by atoms with E-state index in [1.54, 1.807) is 6.08 Å². The molecular weight excluding hydrogens is 508 g/mol. The molecule has 5 aliphatic heterocycles. The van der Waals surface area contributed by atoms with E-state index in [-0.39, 0.29) is 50.5 Å². The first-order valence-electron chi connectivity index (χ1n) is 14.1. The fraction of sp³-hybridized carbons (Fsp3) is 0.759. The highest BCUT2D eigenvalue weighted by molar-refractivity contribution is 5.88. The van der Waals surface area contributed by atoms with E-state index in [0.29, 0.717) is 19.4 Å². The summed E-state index contributed by atoms with van der Waals surface area (Å²) < 4.78 is 36.7. The van der Waals surface area contributed by atoms with Crippen LogP contribution >= 0.6 is 0 Å². The fourth-order valence-electron chi connectivity index (χ4n) is 8.58. The van der Waals surface area contributed by atoms with E-state index in [1.807, 2.05) is 0 Å². The number of cyclic esters (lactones) is 1. The van der Waals surface area contributed by atoms with E-state index < -0.39 is 57.9 Å². The minimum atomic E-state index is -1.54. The number of hydrogen-bond donors (Lipinski definition) is 1. The maximum Gasteiger partial charge on any atom is 0.338 e. The number of ketones is 1. The van der Waals surface area contributed by atoms with Gasteiger partial charge < -0.3 is 33.5 Å². The average molecular weight is 545 g/mol. The van der Waals surface area contributed by atoms with Crippen LogP contribution in [0.25, 0.3) is 0 Å². The molecule has 3 spiro atoms. The summed E-state index contributed by atoms with van der Waals surface area (Å²) >= 11 is 0. The second-order valence-corrected chi connectivity index (χ2v) is 12.7. The number of hydrogen-bond acceptors (Lipinski definition) is 10. The van der Waals surface area contributed by atoms with Crippen molar-refractivity contribution in [2.75, 3.05) is 19.8 Å². The van der Waals surface area contributed by atoms with Gasteiger partial charge in [0.05, 0.1) is 30.8 Å². The second-order valence-electron chi connectivity index (χ2n) is 12.7. The lowest BCUT2D eigenvalue weighted by atomic mass is 9.51. The number of ether oxygens (including phenoxy) is 6. The van der Waals surface area contributed by atoms with Gasteiger partial charge in [0.25, 0.3) is 0 Å². The Balaban J connectivity index is 1.29. The lowest BCUT2D eigenvalue weighted by molar-refractivity contribution is -0.233. The summed E-state index contributed by atoms with van der Waals surface area (Å²) in [5.41, 5.74) is -3.54. The molecule has 4 unspecified atom stereocenters. The maximum absolute atomic E-state index is 13.5.